The maximum Gasteiger partial charge on any atom is 0.437 e. The first-order valence-corrected chi connectivity index (χ1v) is 11.8. The van der Waals surface area contributed by atoms with Gasteiger partial charge in [-0.05, 0) is 42.8 Å². The standard InChI is InChI=1S/C23H18Cl2N4O2S2/c1-23(15-8-4-2-5-9-15)20(29(22(32)33-23)27-16-10-6-3-7-11-16)28-31-21(30)26-17-12-13-18(24)19(25)14-17/h2-14,27H,1H3,(H,26,30). The Labute approximate surface area is 210 Å². The quantitative estimate of drug-likeness (QED) is 0.213. The van der Waals surface area contributed by atoms with E-state index in [1.807, 2.05) is 67.6 Å². The van der Waals surface area contributed by atoms with Gasteiger partial charge in [-0.3, -0.25) is 15.6 Å². The van der Waals surface area contributed by atoms with Crippen LogP contribution < -0.4 is 10.7 Å². The van der Waals surface area contributed by atoms with Crippen molar-refractivity contribution >= 4 is 74.8 Å². The van der Waals surface area contributed by atoms with Crippen molar-refractivity contribution in [2.75, 3.05) is 10.7 Å². The third-order valence-corrected chi connectivity index (χ3v) is 7.19. The zero-order chi connectivity index (χ0) is 23.4. The van der Waals surface area contributed by atoms with Crippen LogP contribution in [0.25, 0.3) is 0 Å². The van der Waals surface area contributed by atoms with Gasteiger partial charge in [0.05, 0.1) is 15.7 Å². The Morgan fingerprint density at radius 2 is 1.67 bits per heavy atom. The van der Waals surface area contributed by atoms with Crippen LogP contribution in [0.3, 0.4) is 0 Å². The maximum absolute atomic E-state index is 12.5. The molecule has 1 unspecified atom stereocenters. The molecule has 10 heteroatoms. The zero-order valence-electron chi connectivity index (χ0n) is 17.3. The van der Waals surface area contributed by atoms with E-state index in [9.17, 15) is 4.79 Å². The summed E-state index contributed by atoms with van der Waals surface area (Å²) in [5.74, 6) is 0.428. The van der Waals surface area contributed by atoms with Gasteiger partial charge in [-0.2, -0.15) is 0 Å². The van der Waals surface area contributed by atoms with E-state index >= 15 is 0 Å². The first-order valence-electron chi connectivity index (χ1n) is 9.78. The number of hydrazine groups is 1. The second kappa shape index (κ2) is 10.0. The molecule has 33 heavy (non-hydrogen) atoms. The van der Waals surface area contributed by atoms with Crippen LogP contribution in [0.1, 0.15) is 12.5 Å². The second-order valence-electron chi connectivity index (χ2n) is 7.13. The van der Waals surface area contributed by atoms with Crippen LogP contribution >= 0.6 is 47.2 Å². The number of anilines is 2. The molecular weight excluding hydrogens is 499 g/mol. The molecule has 1 fully saturated rings. The summed E-state index contributed by atoms with van der Waals surface area (Å²) in [6.45, 7) is 1.98. The van der Waals surface area contributed by atoms with Crippen molar-refractivity contribution < 1.29 is 9.63 Å². The van der Waals surface area contributed by atoms with Gasteiger partial charge in [0.15, 0.2) is 10.2 Å². The number of oxime groups is 1. The number of nitrogens with one attached hydrogen (secondary N) is 2. The predicted molar refractivity (Wildman–Crippen MR) is 140 cm³/mol. The molecule has 1 heterocycles. The maximum atomic E-state index is 12.5. The Balaban J connectivity index is 1.62. The topological polar surface area (TPSA) is 66.0 Å². The van der Waals surface area contributed by atoms with Crippen LogP contribution in [0.15, 0.2) is 84.0 Å². The summed E-state index contributed by atoms with van der Waals surface area (Å²) < 4.78 is -0.151. The van der Waals surface area contributed by atoms with E-state index in [2.05, 4.69) is 15.9 Å². The molecule has 6 nitrogen and oxygen atoms in total. The number of nitrogens with zero attached hydrogens (tertiary/aromatic N) is 2. The van der Waals surface area contributed by atoms with E-state index in [1.54, 1.807) is 17.1 Å². The molecule has 0 radical (unpaired) electrons. The highest BCUT2D eigenvalue weighted by Gasteiger charge is 2.48. The zero-order valence-corrected chi connectivity index (χ0v) is 20.4. The Morgan fingerprint density at radius 1 is 1.00 bits per heavy atom. The summed E-state index contributed by atoms with van der Waals surface area (Å²) >= 11 is 19.0. The van der Waals surface area contributed by atoms with E-state index in [0.29, 0.717) is 25.9 Å². The highest BCUT2D eigenvalue weighted by molar-refractivity contribution is 8.24. The summed E-state index contributed by atoms with van der Waals surface area (Å²) in [7, 11) is 0. The smallest absolute Gasteiger partial charge is 0.296 e. The summed E-state index contributed by atoms with van der Waals surface area (Å²) in [6, 6.07) is 24.0. The van der Waals surface area contributed by atoms with Crippen LogP contribution in [0.4, 0.5) is 16.2 Å². The molecule has 0 aliphatic carbocycles. The lowest BCUT2D eigenvalue weighted by Crippen LogP contribution is -2.40. The molecule has 0 bridgehead atoms. The number of hydrogen-bond donors (Lipinski definition) is 2. The molecule has 4 rings (SSSR count). The summed E-state index contributed by atoms with van der Waals surface area (Å²) in [6.07, 6.45) is -0.779. The number of amidine groups is 1. The van der Waals surface area contributed by atoms with Gasteiger partial charge >= 0.3 is 6.09 Å². The lowest BCUT2D eigenvalue weighted by Gasteiger charge is -2.26. The number of hydrogen-bond acceptors (Lipinski definition) is 6. The molecule has 3 aromatic carbocycles. The van der Waals surface area contributed by atoms with Gasteiger partial charge in [0.2, 0.25) is 0 Å². The van der Waals surface area contributed by atoms with E-state index in [4.69, 9.17) is 40.3 Å². The minimum absolute atomic E-state index is 0.313. The highest BCUT2D eigenvalue weighted by atomic mass is 35.5. The lowest BCUT2D eigenvalue weighted by molar-refractivity contribution is 0.164. The lowest BCUT2D eigenvalue weighted by atomic mass is 9.99. The van der Waals surface area contributed by atoms with E-state index in [1.165, 1.54) is 17.8 Å². The van der Waals surface area contributed by atoms with Crippen LogP contribution in [0.5, 0.6) is 0 Å². The second-order valence-corrected chi connectivity index (χ2v) is 9.99. The van der Waals surface area contributed by atoms with Crippen molar-refractivity contribution in [1.82, 2.24) is 5.01 Å². The number of rotatable bonds is 5. The fourth-order valence-electron chi connectivity index (χ4n) is 3.18. The Hall–Kier alpha value is -2.78. The first-order chi connectivity index (χ1) is 15.9. The van der Waals surface area contributed by atoms with E-state index in [-0.39, 0.29) is 0 Å². The number of carbonyl (C=O) groups is 1. The molecule has 1 aliphatic rings. The molecule has 168 valence electrons. The molecule has 0 saturated carbocycles. The van der Waals surface area contributed by atoms with Crippen molar-refractivity contribution in [1.29, 1.82) is 0 Å². The largest absolute Gasteiger partial charge is 0.437 e. The van der Waals surface area contributed by atoms with E-state index in [0.717, 1.165) is 11.3 Å². The molecule has 1 saturated heterocycles. The van der Waals surface area contributed by atoms with Gasteiger partial charge < -0.3 is 0 Å². The molecule has 1 atom stereocenters. The number of halogens is 2. The van der Waals surface area contributed by atoms with E-state index < -0.39 is 10.8 Å². The SMILES string of the molecule is CC1(c2ccccc2)SC(=S)N(Nc2ccccc2)C1=NOC(=O)Nc1ccc(Cl)c(Cl)c1. The van der Waals surface area contributed by atoms with Crippen LogP contribution in [0.2, 0.25) is 10.0 Å². The number of amides is 1. The minimum Gasteiger partial charge on any atom is -0.296 e. The van der Waals surface area contributed by atoms with Gasteiger partial charge in [-0.15, -0.1) is 0 Å². The number of thioether (sulfide) groups is 1. The highest BCUT2D eigenvalue weighted by Crippen LogP contribution is 2.46. The van der Waals surface area contributed by atoms with Crippen molar-refractivity contribution in [3.63, 3.8) is 0 Å². The van der Waals surface area contributed by atoms with Crippen LogP contribution in [-0.4, -0.2) is 21.3 Å². The average molecular weight is 517 g/mol. The number of thiocarbonyl (C=S) groups is 1. The van der Waals surface area contributed by atoms with Crippen molar-refractivity contribution in [2.45, 2.75) is 11.7 Å². The molecule has 0 spiro atoms. The van der Waals surface area contributed by atoms with Crippen LogP contribution in [0, 0.1) is 0 Å². The Morgan fingerprint density at radius 3 is 2.33 bits per heavy atom. The molecule has 1 aliphatic heterocycles. The van der Waals surface area contributed by atoms with Crippen molar-refractivity contribution in [3.05, 3.63) is 94.5 Å². The third-order valence-electron chi connectivity index (χ3n) is 4.83. The monoisotopic (exact) mass is 516 g/mol. The van der Waals surface area contributed by atoms with Crippen LogP contribution in [-0.2, 0) is 9.58 Å². The first kappa shape index (κ1) is 23.4. The number of carbonyl (C=O) groups excluding carboxylic acids is 1. The normalized spacial score (nSPS) is 18.9. The summed E-state index contributed by atoms with van der Waals surface area (Å²) in [4.78, 5) is 17.7. The Kier molecular flexibility index (Phi) is 7.09. The molecular formula is C23H18Cl2N4O2S2. The molecule has 3 aromatic rings. The van der Waals surface area contributed by atoms with Crippen molar-refractivity contribution in [2.24, 2.45) is 5.16 Å². The molecule has 1 amide bonds. The van der Waals surface area contributed by atoms with Gasteiger partial charge in [0.25, 0.3) is 0 Å². The number of benzene rings is 3. The average Bonchev–Trinajstić information content (AvgIpc) is 3.06. The fourth-order valence-corrected chi connectivity index (χ4v) is 5.15. The van der Waals surface area contributed by atoms with Gasteiger partial charge in [0, 0.05) is 5.69 Å². The van der Waals surface area contributed by atoms with Gasteiger partial charge in [-0.1, -0.05) is 101 Å². The summed E-state index contributed by atoms with van der Waals surface area (Å²) in [5, 5.41) is 9.15. The number of para-hydroxylation sites is 1. The van der Waals surface area contributed by atoms with Gasteiger partial charge in [0.1, 0.15) is 4.75 Å². The molecule has 0 aromatic heterocycles. The van der Waals surface area contributed by atoms with Crippen molar-refractivity contribution in [3.8, 4) is 0 Å². The predicted octanol–water partition coefficient (Wildman–Crippen LogP) is 7.13. The third kappa shape index (κ3) is 5.25. The summed E-state index contributed by atoms with van der Waals surface area (Å²) in [5.41, 5.74) is 5.45. The Bertz CT molecular complexity index is 1210. The molecule has 2 N–H and O–H groups in total. The fraction of sp³-hybridized carbons (Fsp3) is 0.0870. The minimum atomic E-state index is -0.779. The van der Waals surface area contributed by atoms with Gasteiger partial charge in [-0.25, -0.2) is 9.80 Å².